The number of nitrogens with zero attached hydrogens (tertiary/aromatic N) is 2. The van der Waals surface area contributed by atoms with Gasteiger partial charge in [-0.1, -0.05) is 6.92 Å². The van der Waals surface area contributed by atoms with Crippen molar-refractivity contribution >= 4 is 5.97 Å². The predicted molar refractivity (Wildman–Crippen MR) is 56.1 cm³/mol. The van der Waals surface area contributed by atoms with Crippen molar-refractivity contribution in [1.82, 2.24) is 9.97 Å². The minimum absolute atomic E-state index is 0.148. The van der Waals surface area contributed by atoms with Gasteiger partial charge < -0.3 is 9.52 Å². The van der Waals surface area contributed by atoms with Gasteiger partial charge in [0.15, 0.2) is 5.82 Å². The monoisotopic (exact) mass is 218 g/mol. The van der Waals surface area contributed by atoms with Crippen LogP contribution in [0.5, 0.6) is 0 Å². The molecule has 0 unspecified atom stereocenters. The molecule has 0 aliphatic heterocycles. The Bertz CT molecular complexity index is 506. The van der Waals surface area contributed by atoms with Gasteiger partial charge in [-0.2, -0.15) is 0 Å². The second-order valence-electron chi connectivity index (χ2n) is 3.22. The third-order valence-corrected chi connectivity index (χ3v) is 2.21. The van der Waals surface area contributed by atoms with E-state index in [1.807, 2.05) is 6.92 Å². The summed E-state index contributed by atoms with van der Waals surface area (Å²) in [5.74, 6) is -0.522. The van der Waals surface area contributed by atoms with E-state index < -0.39 is 5.97 Å². The van der Waals surface area contributed by atoms with Gasteiger partial charge >= 0.3 is 5.97 Å². The highest BCUT2D eigenvalue weighted by molar-refractivity contribution is 5.88. The van der Waals surface area contributed by atoms with Gasteiger partial charge in [-0.25, -0.2) is 14.8 Å². The molecule has 1 N–H and O–H groups in total. The molecule has 0 aromatic carbocycles. The lowest BCUT2D eigenvalue weighted by molar-refractivity contribution is 0.0694. The molecule has 82 valence electrons. The summed E-state index contributed by atoms with van der Waals surface area (Å²) < 4.78 is 4.92. The average molecular weight is 218 g/mol. The molecule has 0 aliphatic carbocycles. The average Bonchev–Trinajstić information content (AvgIpc) is 2.81. The molecule has 0 spiro atoms. The lowest BCUT2D eigenvalue weighted by Gasteiger charge is -2.03. The molecular weight excluding hydrogens is 208 g/mol. The molecule has 5 heteroatoms. The molecule has 2 heterocycles. The van der Waals surface area contributed by atoms with Gasteiger partial charge in [-0.3, -0.25) is 0 Å². The van der Waals surface area contributed by atoms with Crippen LogP contribution in [0.2, 0.25) is 0 Å². The number of hydrogen-bond acceptors (Lipinski definition) is 4. The van der Waals surface area contributed by atoms with Gasteiger partial charge in [0.05, 0.1) is 23.1 Å². The van der Waals surface area contributed by atoms with Gasteiger partial charge in [-0.15, -0.1) is 0 Å². The largest absolute Gasteiger partial charge is 0.478 e. The van der Waals surface area contributed by atoms with Crippen LogP contribution >= 0.6 is 0 Å². The van der Waals surface area contributed by atoms with E-state index in [-0.39, 0.29) is 5.56 Å². The summed E-state index contributed by atoms with van der Waals surface area (Å²) in [5, 5.41) is 8.92. The lowest BCUT2D eigenvalue weighted by atomic mass is 10.2. The number of aromatic nitrogens is 2. The van der Waals surface area contributed by atoms with Crippen molar-refractivity contribution in [3.05, 3.63) is 36.0 Å². The van der Waals surface area contributed by atoms with E-state index in [2.05, 4.69) is 9.97 Å². The van der Waals surface area contributed by atoms with Crippen LogP contribution in [-0.2, 0) is 6.42 Å². The molecule has 0 atom stereocenters. The van der Waals surface area contributed by atoms with Crippen molar-refractivity contribution in [3.8, 4) is 11.4 Å². The molecule has 0 radical (unpaired) electrons. The highest BCUT2D eigenvalue weighted by Gasteiger charge is 2.13. The minimum atomic E-state index is -1.00. The number of carbonyl (C=O) groups is 1. The number of rotatable bonds is 3. The third kappa shape index (κ3) is 1.79. The molecule has 0 bridgehead atoms. The van der Waals surface area contributed by atoms with E-state index in [9.17, 15) is 4.79 Å². The fraction of sp³-hybridized carbons (Fsp3) is 0.182. The fourth-order valence-corrected chi connectivity index (χ4v) is 1.40. The molecule has 0 saturated heterocycles. The first-order chi connectivity index (χ1) is 7.72. The number of aryl methyl sites for hydroxylation is 1. The standard InChI is InChI=1S/C11H10N2O3/c1-2-9-8(11(14)15)5-12-10(13-9)7-3-4-16-6-7/h3-6H,2H2,1H3,(H,14,15). The maximum absolute atomic E-state index is 10.9. The van der Waals surface area contributed by atoms with Crippen molar-refractivity contribution in [1.29, 1.82) is 0 Å². The Morgan fingerprint density at radius 3 is 2.94 bits per heavy atom. The summed E-state index contributed by atoms with van der Waals surface area (Å²) in [6.07, 6.45) is 4.93. The summed E-state index contributed by atoms with van der Waals surface area (Å²) in [7, 11) is 0. The number of aromatic carboxylic acids is 1. The van der Waals surface area contributed by atoms with Crippen LogP contribution < -0.4 is 0 Å². The van der Waals surface area contributed by atoms with Crippen LogP contribution in [0.1, 0.15) is 23.0 Å². The van der Waals surface area contributed by atoms with Crippen molar-refractivity contribution in [2.24, 2.45) is 0 Å². The Morgan fingerprint density at radius 1 is 1.56 bits per heavy atom. The minimum Gasteiger partial charge on any atom is -0.478 e. The van der Waals surface area contributed by atoms with Crippen molar-refractivity contribution in [2.45, 2.75) is 13.3 Å². The highest BCUT2D eigenvalue weighted by atomic mass is 16.4. The number of carboxylic acid groups (broad SMARTS) is 1. The number of hydrogen-bond donors (Lipinski definition) is 1. The maximum atomic E-state index is 10.9. The summed E-state index contributed by atoms with van der Waals surface area (Å²) in [6, 6.07) is 1.73. The van der Waals surface area contributed by atoms with Gasteiger partial charge in [0.2, 0.25) is 0 Å². The Hall–Kier alpha value is -2.17. The van der Waals surface area contributed by atoms with E-state index in [4.69, 9.17) is 9.52 Å². The summed E-state index contributed by atoms with van der Waals surface area (Å²) in [4.78, 5) is 19.1. The molecule has 0 amide bonds. The molecule has 16 heavy (non-hydrogen) atoms. The smallest absolute Gasteiger partial charge is 0.339 e. The summed E-state index contributed by atoms with van der Waals surface area (Å²) in [6.45, 7) is 1.86. The summed E-state index contributed by atoms with van der Waals surface area (Å²) in [5.41, 5.74) is 1.42. The van der Waals surface area contributed by atoms with Crippen molar-refractivity contribution in [3.63, 3.8) is 0 Å². The first-order valence-electron chi connectivity index (χ1n) is 4.84. The Balaban J connectivity index is 2.49. The van der Waals surface area contributed by atoms with Crippen molar-refractivity contribution in [2.75, 3.05) is 0 Å². The van der Waals surface area contributed by atoms with Gasteiger partial charge in [0, 0.05) is 6.20 Å². The zero-order valence-electron chi connectivity index (χ0n) is 8.67. The molecule has 5 nitrogen and oxygen atoms in total. The van der Waals surface area contributed by atoms with Crippen LogP contribution in [0.4, 0.5) is 0 Å². The topological polar surface area (TPSA) is 76.2 Å². The molecular formula is C11H10N2O3. The van der Waals surface area contributed by atoms with E-state index in [0.717, 1.165) is 5.56 Å². The molecule has 2 aromatic rings. The van der Waals surface area contributed by atoms with E-state index in [1.54, 1.807) is 6.07 Å². The predicted octanol–water partition coefficient (Wildman–Crippen LogP) is 2.00. The van der Waals surface area contributed by atoms with Gasteiger partial charge in [0.1, 0.15) is 6.26 Å². The second kappa shape index (κ2) is 4.14. The molecule has 2 rings (SSSR count). The zero-order valence-corrected chi connectivity index (χ0v) is 8.67. The maximum Gasteiger partial charge on any atom is 0.339 e. The van der Waals surface area contributed by atoms with Crippen LogP contribution in [0.3, 0.4) is 0 Å². The van der Waals surface area contributed by atoms with Crippen LogP contribution in [0.15, 0.2) is 29.2 Å². The van der Waals surface area contributed by atoms with E-state index in [0.29, 0.717) is 17.9 Å². The summed E-state index contributed by atoms with van der Waals surface area (Å²) >= 11 is 0. The van der Waals surface area contributed by atoms with Crippen LogP contribution in [0, 0.1) is 0 Å². The molecule has 0 saturated carbocycles. The normalized spacial score (nSPS) is 10.3. The SMILES string of the molecule is CCc1nc(-c2ccoc2)ncc1C(=O)O. The molecule has 0 fully saturated rings. The Morgan fingerprint density at radius 2 is 2.38 bits per heavy atom. The first kappa shape index (κ1) is 10.4. The molecule has 2 aromatic heterocycles. The van der Waals surface area contributed by atoms with E-state index in [1.165, 1.54) is 18.7 Å². The lowest BCUT2D eigenvalue weighted by Crippen LogP contribution is -2.06. The van der Waals surface area contributed by atoms with Crippen LogP contribution in [0.25, 0.3) is 11.4 Å². The first-order valence-corrected chi connectivity index (χ1v) is 4.84. The quantitative estimate of drug-likeness (QED) is 0.852. The van der Waals surface area contributed by atoms with Gasteiger partial charge in [-0.05, 0) is 12.5 Å². The van der Waals surface area contributed by atoms with E-state index >= 15 is 0 Å². The fourth-order valence-electron chi connectivity index (χ4n) is 1.40. The Labute approximate surface area is 91.8 Å². The second-order valence-corrected chi connectivity index (χ2v) is 3.22. The molecule has 0 aliphatic rings. The Kier molecular flexibility index (Phi) is 2.68. The zero-order chi connectivity index (χ0) is 11.5. The number of furan rings is 1. The number of carboxylic acids is 1. The van der Waals surface area contributed by atoms with Gasteiger partial charge in [0.25, 0.3) is 0 Å². The highest BCUT2D eigenvalue weighted by Crippen LogP contribution is 2.17. The van der Waals surface area contributed by atoms with Crippen molar-refractivity contribution < 1.29 is 14.3 Å². The van der Waals surface area contributed by atoms with Crippen LogP contribution in [-0.4, -0.2) is 21.0 Å². The third-order valence-electron chi connectivity index (χ3n) is 2.21.